The zero-order chi connectivity index (χ0) is 23.7. The molecule has 5 N–H and O–H groups in total. The Balaban J connectivity index is 2.12. The van der Waals surface area contributed by atoms with Gasteiger partial charge in [0.25, 0.3) is 0 Å². The fourth-order valence-electron chi connectivity index (χ4n) is 3.63. The monoisotopic (exact) mass is 444 g/mol. The van der Waals surface area contributed by atoms with E-state index in [1.54, 1.807) is 18.2 Å². The van der Waals surface area contributed by atoms with Gasteiger partial charge in [-0.15, -0.1) is 0 Å². The van der Waals surface area contributed by atoms with Gasteiger partial charge in [0.15, 0.2) is 0 Å². The highest BCUT2D eigenvalue weighted by molar-refractivity contribution is 5.92. The minimum absolute atomic E-state index is 0.0932. The molecule has 0 bridgehead atoms. The van der Waals surface area contributed by atoms with E-state index in [0.717, 1.165) is 24.0 Å². The number of rotatable bonds is 8. The molecule has 0 saturated heterocycles. The highest BCUT2D eigenvalue weighted by Gasteiger charge is 2.25. The fourth-order valence-corrected chi connectivity index (χ4v) is 3.63. The molecule has 0 radical (unpaired) electrons. The van der Waals surface area contributed by atoms with Crippen molar-refractivity contribution in [3.8, 4) is 0 Å². The lowest BCUT2D eigenvalue weighted by molar-refractivity contribution is -0.140. The summed E-state index contributed by atoms with van der Waals surface area (Å²) in [6.45, 7) is 2.75. The van der Waals surface area contributed by atoms with Crippen molar-refractivity contribution in [2.75, 3.05) is 7.05 Å². The first-order valence-electron chi connectivity index (χ1n) is 10.7. The number of carbonyl (C=O) groups excluding carboxylic acids is 3. The van der Waals surface area contributed by atoms with Crippen LogP contribution < -0.4 is 21.3 Å². The third-order valence-electron chi connectivity index (χ3n) is 5.30. The molecule has 174 valence electrons. The quantitative estimate of drug-likeness (QED) is 0.374. The summed E-state index contributed by atoms with van der Waals surface area (Å²) in [7, 11) is 1.87. The van der Waals surface area contributed by atoms with Crippen molar-refractivity contribution in [2.45, 2.75) is 63.7 Å². The van der Waals surface area contributed by atoms with Crippen LogP contribution >= 0.6 is 0 Å². The topological polar surface area (TPSA) is 137 Å². The molecule has 0 unspecified atom stereocenters. The normalized spacial score (nSPS) is 24.6. The van der Waals surface area contributed by atoms with E-state index >= 15 is 0 Å². The van der Waals surface area contributed by atoms with Crippen molar-refractivity contribution >= 4 is 23.7 Å². The van der Waals surface area contributed by atoms with Gasteiger partial charge in [-0.2, -0.15) is 0 Å². The van der Waals surface area contributed by atoms with E-state index < -0.39 is 24.0 Å². The lowest BCUT2D eigenvalue weighted by Gasteiger charge is -2.22. The second kappa shape index (κ2) is 12.0. The summed E-state index contributed by atoms with van der Waals surface area (Å²) >= 11 is 0. The van der Waals surface area contributed by atoms with E-state index in [2.05, 4.69) is 21.3 Å². The minimum atomic E-state index is -1.25. The van der Waals surface area contributed by atoms with Gasteiger partial charge in [-0.1, -0.05) is 24.3 Å². The predicted octanol–water partition coefficient (Wildman–Crippen LogP) is 0.706. The molecule has 0 aromatic heterocycles. The number of nitrogens with one attached hydrogen (secondary N) is 4. The van der Waals surface area contributed by atoms with Gasteiger partial charge in [0.2, 0.25) is 17.7 Å². The minimum Gasteiger partial charge on any atom is -0.479 e. The van der Waals surface area contributed by atoms with E-state index in [-0.39, 0.29) is 23.9 Å². The number of amides is 3. The summed E-state index contributed by atoms with van der Waals surface area (Å²) in [5.74, 6) is -2.32. The number of likely N-dealkylation sites (N-methyl/N-ethyl adjacent to an activating group) is 1. The van der Waals surface area contributed by atoms with Gasteiger partial charge >= 0.3 is 5.97 Å². The first-order chi connectivity index (χ1) is 15.2. The van der Waals surface area contributed by atoms with Crippen LogP contribution in [0.3, 0.4) is 0 Å². The number of hydrogen-bond donors (Lipinski definition) is 5. The van der Waals surface area contributed by atoms with E-state index in [0.29, 0.717) is 12.8 Å². The average molecular weight is 445 g/mol. The van der Waals surface area contributed by atoms with Crippen molar-refractivity contribution in [1.29, 1.82) is 0 Å². The van der Waals surface area contributed by atoms with Crippen LogP contribution in [0.25, 0.3) is 0 Å². The second-order valence-electron chi connectivity index (χ2n) is 7.98. The van der Waals surface area contributed by atoms with Crippen molar-refractivity contribution in [1.82, 2.24) is 21.3 Å². The highest BCUT2D eigenvalue weighted by atomic mass is 16.4. The molecule has 2 aliphatic carbocycles. The number of aliphatic carboxylic acids is 1. The van der Waals surface area contributed by atoms with Crippen molar-refractivity contribution in [3.05, 3.63) is 47.6 Å². The number of carboxylic acid groups (broad SMARTS) is 1. The number of carboxylic acids is 1. The van der Waals surface area contributed by atoms with Crippen molar-refractivity contribution in [2.24, 2.45) is 0 Å². The number of carbonyl (C=O) groups is 4. The molecule has 0 aromatic rings. The maximum absolute atomic E-state index is 12.8. The van der Waals surface area contributed by atoms with E-state index in [1.165, 1.54) is 19.9 Å². The van der Waals surface area contributed by atoms with Gasteiger partial charge in [-0.3, -0.25) is 14.4 Å². The summed E-state index contributed by atoms with van der Waals surface area (Å²) < 4.78 is 0. The van der Waals surface area contributed by atoms with Crippen LogP contribution in [0.2, 0.25) is 0 Å². The number of allylic oxidation sites excluding steroid dienone is 4. The molecular formula is C23H32N4O5. The van der Waals surface area contributed by atoms with Gasteiger partial charge in [0.1, 0.15) is 12.1 Å². The van der Waals surface area contributed by atoms with Crippen LogP contribution in [-0.2, 0) is 19.2 Å². The Kier molecular flexibility index (Phi) is 9.39. The maximum Gasteiger partial charge on any atom is 0.330 e. The molecule has 0 aliphatic heterocycles. The highest BCUT2D eigenvalue weighted by Crippen LogP contribution is 2.19. The molecule has 4 atom stereocenters. The third kappa shape index (κ3) is 8.14. The Labute approximate surface area is 188 Å². The molecule has 0 saturated carbocycles. The summed E-state index contributed by atoms with van der Waals surface area (Å²) in [4.78, 5) is 47.4. The smallest absolute Gasteiger partial charge is 0.330 e. The summed E-state index contributed by atoms with van der Waals surface area (Å²) in [5.41, 5.74) is 1.65. The molecule has 9 nitrogen and oxygen atoms in total. The van der Waals surface area contributed by atoms with Crippen molar-refractivity contribution in [3.63, 3.8) is 0 Å². The molecule has 32 heavy (non-hydrogen) atoms. The Bertz CT molecular complexity index is 858. The van der Waals surface area contributed by atoms with E-state index in [9.17, 15) is 24.3 Å². The predicted molar refractivity (Wildman–Crippen MR) is 121 cm³/mol. The Morgan fingerprint density at radius 1 is 0.906 bits per heavy atom. The Morgan fingerprint density at radius 2 is 1.47 bits per heavy atom. The SMILES string of the molecule is CN[C@H]1C=C/C(=C/[C@H](NC(C)=O)C(=O)N[C@@H](/C=C2/C=C[C@H](NC(C)=O)CC2)C(=O)O)CC1. The van der Waals surface area contributed by atoms with E-state index in [4.69, 9.17) is 0 Å². The molecule has 3 amide bonds. The lowest BCUT2D eigenvalue weighted by Crippen LogP contribution is -2.50. The van der Waals surface area contributed by atoms with Crippen LogP contribution in [0, 0.1) is 0 Å². The molecular weight excluding hydrogens is 412 g/mol. The summed E-state index contributed by atoms with van der Waals surface area (Å²) in [6, 6.07) is -2.06. The van der Waals surface area contributed by atoms with Crippen LogP contribution in [0.5, 0.6) is 0 Å². The fraction of sp³-hybridized carbons (Fsp3) is 0.478. The second-order valence-corrected chi connectivity index (χ2v) is 7.98. The maximum atomic E-state index is 12.8. The molecule has 2 aliphatic rings. The largest absolute Gasteiger partial charge is 0.479 e. The standard InChI is InChI=1S/C23H32N4O5/c1-14(28)25-19-10-6-17(7-11-19)13-21(23(31)32)27-22(30)20(26-15(2)29)12-16-4-8-18(24-3)9-5-16/h4,6,8,10,12-13,18-21,24H,5,7,9,11H2,1-3H3,(H,25,28)(H,26,29)(H,27,30)(H,31,32)/b16-12-,17-13-/t18-,19-,20-,21-/m0/s1. The molecule has 0 aromatic carbocycles. The van der Waals surface area contributed by atoms with Gasteiger partial charge in [0, 0.05) is 25.9 Å². The van der Waals surface area contributed by atoms with Crippen LogP contribution in [0.15, 0.2) is 47.6 Å². The van der Waals surface area contributed by atoms with E-state index in [1.807, 2.05) is 19.2 Å². The Morgan fingerprint density at radius 3 is 1.91 bits per heavy atom. The zero-order valence-corrected chi connectivity index (χ0v) is 18.7. The van der Waals surface area contributed by atoms with Crippen LogP contribution in [-0.4, -0.2) is 60.0 Å². The molecule has 2 rings (SSSR count). The molecule has 9 heteroatoms. The van der Waals surface area contributed by atoms with Crippen LogP contribution in [0.4, 0.5) is 0 Å². The van der Waals surface area contributed by atoms with Gasteiger partial charge in [-0.05, 0) is 56.0 Å². The average Bonchev–Trinajstić information content (AvgIpc) is 2.73. The first kappa shape index (κ1) is 25.1. The first-order valence-corrected chi connectivity index (χ1v) is 10.7. The number of hydrogen-bond acceptors (Lipinski definition) is 5. The van der Waals surface area contributed by atoms with Gasteiger partial charge < -0.3 is 26.4 Å². The molecule has 0 spiro atoms. The molecule has 0 fully saturated rings. The summed E-state index contributed by atoms with van der Waals surface area (Å²) in [6.07, 6.45) is 13.4. The Hall–Kier alpha value is -3.20. The third-order valence-corrected chi connectivity index (χ3v) is 5.30. The zero-order valence-electron chi connectivity index (χ0n) is 18.7. The van der Waals surface area contributed by atoms with Crippen molar-refractivity contribution < 1.29 is 24.3 Å². The summed E-state index contributed by atoms with van der Waals surface area (Å²) in [5, 5.41) is 20.6. The van der Waals surface area contributed by atoms with Gasteiger partial charge in [-0.25, -0.2) is 4.79 Å². The lowest BCUT2D eigenvalue weighted by atomic mass is 9.95. The van der Waals surface area contributed by atoms with Crippen LogP contribution in [0.1, 0.15) is 39.5 Å². The molecule has 0 heterocycles. The van der Waals surface area contributed by atoms with Gasteiger partial charge in [0.05, 0.1) is 0 Å².